The molecule has 1 N–H and O–H groups in total. The number of aliphatic imine (C=N–C) groups is 2. The fourth-order valence-electron chi connectivity index (χ4n) is 5.82. The van der Waals surface area contributed by atoms with E-state index in [1.807, 2.05) is 48.5 Å². The van der Waals surface area contributed by atoms with E-state index >= 15 is 0 Å². The van der Waals surface area contributed by atoms with Crippen molar-refractivity contribution < 1.29 is 4.42 Å². The lowest BCUT2D eigenvalue weighted by atomic mass is 9.94. The Morgan fingerprint density at radius 3 is 1.85 bits per heavy atom. The lowest BCUT2D eigenvalue weighted by Gasteiger charge is -2.23. The first kappa shape index (κ1) is 23.4. The zero-order valence-electron chi connectivity index (χ0n) is 22.2. The van der Waals surface area contributed by atoms with Crippen LogP contribution < -0.4 is 5.32 Å². The summed E-state index contributed by atoms with van der Waals surface area (Å²) < 4.78 is 6.63. The standard InChI is InChI=1S/C37H25N3O/c1-3-13-25(14-4-1)35-38-36(26-15-5-2-6-16-26)40-37(39-35)31-23-22-29(28-20-11-17-24-12-7-8-18-27(24)28)34-33(31)30-19-9-10-21-32(30)41-34/h1-23,37H,(H,38,39,40). The molecule has 2 heterocycles. The van der Waals surface area contributed by atoms with E-state index in [0.717, 1.165) is 61.4 Å². The van der Waals surface area contributed by atoms with E-state index in [4.69, 9.17) is 14.4 Å². The molecule has 0 unspecified atom stereocenters. The molecule has 1 aliphatic heterocycles. The lowest BCUT2D eigenvalue weighted by molar-refractivity contribution is 0.669. The first-order valence-corrected chi connectivity index (χ1v) is 13.8. The summed E-state index contributed by atoms with van der Waals surface area (Å²) in [4.78, 5) is 10.3. The highest BCUT2D eigenvalue weighted by Gasteiger charge is 2.25. The number of nitrogens with zero attached hydrogens (tertiary/aromatic N) is 2. The summed E-state index contributed by atoms with van der Waals surface area (Å²) >= 11 is 0. The van der Waals surface area contributed by atoms with Gasteiger partial charge in [0.25, 0.3) is 0 Å². The van der Waals surface area contributed by atoms with Gasteiger partial charge in [-0.15, -0.1) is 0 Å². The van der Waals surface area contributed by atoms with Crippen molar-refractivity contribution in [1.82, 2.24) is 5.32 Å². The molecule has 0 aliphatic carbocycles. The number of nitrogens with one attached hydrogen (secondary N) is 1. The molecule has 0 bridgehead atoms. The summed E-state index contributed by atoms with van der Waals surface area (Å²) in [6, 6.07) is 48.0. The fourth-order valence-corrected chi connectivity index (χ4v) is 5.82. The molecule has 4 heteroatoms. The minimum Gasteiger partial charge on any atom is -0.455 e. The van der Waals surface area contributed by atoms with Crippen molar-refractivity contribution in [3.63, 3.8) is 0 Å². The van der Waals surface area contributed by atoms with E-state index in [9.17, 15) is 0 Å². The number of rotatable bonds is 4. The van der Waals surface area contributed by atoms with Crippen molar-refractivity contribution in [2.45, 2.75) is 6.17 Å². The molecule has 0 saturated carbocycles. The van der Waals surface area contributed by atoms with Crippen LogP contribution in [0.4, 0.5) is 0 Å². The van der Waals surface area contributed by atoms with Gasteiger partial charge in [0.1, 0.15) is 22.8 Å². The summed E-state index contributed by atoms with van der Waals surface area (Å²) in [5.41, 5.74) is 6.95. The maximum Gasteiger partial charge on any atom is 0.170 e. The number of benzene rings is 6. The Morgan fingerprint density at radius 2 is 1.12 bits per heavy atom. The predicted octanol–water partition coefficient (Wildman–Crippen LogP) is 8.90. The van der Waals surface area contributed by atoms with E-state index in [1.54, 1.807) is 0 Å². The molecule has 4 nitrogen and oxygen atoms in total. The normalized spacial score (nSPS) is 13.8. The first-order valence-electron chi connectivity index (χ1n) is 13.8. The van der Waals surface area contributed by atoms with Gasteiger partial charge in [-0.2, -0.15) is 0 Å². The maximum absolute atomic E-state index is 6.63. The van der Waals surface area contributed by atoms with Gasteiger partial charge in [0, 0.05) is 33.0 Å². The summed E-state index contributed by atoms with van der Waals surface area (Å²) in [7, 11) is 0. The van der Waals surface area contributed by atoms with Crippen LogP contribution in [-0.2, 0) is 0 Å². The Bertz CT molecular complexity index is 2060. The van der Waals surface area contributed by atoms with E-state index in [2.05, 4.69) is 96.3 Å². The Morgan fingerprint density at radius 1 is 0.512 bits per heavy atom. The maximum atomic E-state index is 6.63. The third-order valence-electron chi connectivity index (χ3n) is 7.75. The quantitative estimate of drug-likeness (QED) is 0.248. The van der Waals surface area contributed by atoms with Crippen LogP contribution >= 0.6 is 0 Å². The summed E-state index contributed by atoms with van der Waals surface area (Å²) in [5.74, 6) is 1.59. The first-order chi connectivity index (χ1) is 20.3. The molecule has 194 valence electrons. The minimum absolute atomic E-state index is 0.452. The van der Waals surface area contributed by atoms with Gasteiger partial charge in [0.05, 0.1) is 0 Å². The van der Waals surface area contributed by atoms with Crippen LogP contribution in [0.5, 0.6) is 0 Å². The van der Waals surface area contributed by atoms with Gasteiger partial charge in [0.15, 0.2) is 6.17 Å². The fraction of sp³-hybridized carbons (Fsp3) is 0.0270. The zero-order chi connectivity index (χ0) is 27.2. The SMILES string of the molecule is c1ccc(C2=NC(c3ccc(-c4cccc5ccccc45)c4oc5ccccc5c34)N=C(c3ccccc3)N2)cc1. The van der Waals surface area contributed by atoms with Gasteiger partial charge in [0.2, 0.25) is 0 Å². The van der Waals surface area contributed by atoms with Crippen molar-refractivity contribution in [3.05, 3.63) is 156 Å². The van der Waals surface area contributed by atoms with Gasteiger partial charge in [-0.1, -0.05) is 133 Å². The van der Waals surface area contributed by atoms with Gasteiger partial charge >= 0.3 is 0 Å². The van der Waals surface area contributed by atoms with Crippen molar-refractivity contribution >= 4 is 44.4 Å². The second-order valence-electron chi connectivity index (χ2n) is 10.2. The van der Waals surface area contributed by atoms with Gasteiger partial charge < -0.3 is 9.73 Å². The second-order valence-corrected chi connectivity index (χ2v) is 10.2. The lowest BCUT2D eigenvalue weighted by Crippen LogP contribution is -2.36. The highest BCUT2D eigenvalue weighted by Crippen LogP contribution is 2.43. The topological polar surface area (TPSA) is 49.9 Å². The number of fused-ring (bicyclic) bond motifs is 4. The minimum atomic E-state index is -0.452. The third kappa shape index (κ3) is 4.00. The van der Waals surface area contributed by atoms with Crippen LogP contribution in [0.15, 0.2) is 154 Å². The van der Waals surface area contributed by atoms with Crippen molar-refractivity contribution in [1.29, 1.82) is 0 Å². The molecule has 0 atom stereocenters. The van der Waals surface area contributed by atoms with Crippen molar-refractivity contribution in [2.75, 3.05) is 0 Å². The molecule has 0 amide bonds. The smallest absolute Gasteiger partial charge is 0.170 e. The van der Waals surface area contributed by atoms with Crippen LogP contribution in [0.2, 0.25) is 0 Å². The largest absolute Gasteiger partial charge is 0.455 e. The van der Waals surface area contributed by atoms with Crippen molar-refractivity contribution in [3.8, 4) is 11.1 Å². The van der Waals surface area contributed by atoms with Crippen LogP contribution in [-0.4, -0.2) is 11.7 Å². The molecular weight excluding hydrogens is 502 g/mol. The Balaban J connectivity index is 1.39. The molecule has 0 saturated heterocycles. The second kappa shape index (κ2) is 9.61. The van der Waals surface area contributed by atoms with Gasteiger partial charge in [-0.25, -0.2) is 9.98 Å². The zero-order valence-corrected chi connectivity index (χ0v) is 22.2. The Labute approximate surface area is 237 Å². The summed E-state index contributed by atoms with van der Waals surface area (Å²) in [5, 5.41) is 8.00. The average Bonchev–Trinajstić information content (AvgIpc) is 3.45. The Kier molecular flexibility index (Phi) is 5.49. The van der Waals surface area contributed by atoms with E-state index in [0.29, 0.717) is 0 Å². The van der Waals surface area contributed by atoms with Crippen LogP contribution in [0.1, 0.15) is 22.9 Å². The molecule has 1 aliphatic rings. The molecule has 1 aromatic heterocycles. The molecule has 8 rings (SSSR count). The van der Waals surface area contributed by atoms with Crippen molar-refractivity contribution in [2.24, 2.45) is 9.98 Å². The van der Waals surface area contributed by atoms with E-state index < -0.39 is 6.17 Å². The summed E-state index contributed by atoms with van der Waals surface area (Å²) in [6.07, 6.45) is -0.452. The highest BCUT2D eigenvalue weighted by atomic mass is 16.3. The number of para-hydroxylation sites is 1. The van der Waals surface area contributed by atoms with Crippen LogP contribution in [0.25, 0.3) is 43.8 Å². The molecule has 6 aromatic carbocycles. The highest BCUT2D eigenvalue weighted by molar-refractivity contribution is 6.17. The molecule has 0 spiro atoms. The van der Waals surface area contributed by atoms with Crippen LogP contribution in [0.3, 0.4) is 0 Å². The molecular formula is C37H25N3O. The molecule has 7 aromatic rings. The van der Waals surface area contributed by atoms with E-state index in [1.165, 1.54) is 10.8 Å². The number of hydrogen-bond donors (Lipinski definition) is 1. The number of amidine groups is 2. The van der Waals surface area contributed by atoms with Crippen LogP contribution in [0, 0.1) is 0 Å². The third-order valence-corrected chi connectivity index (χ3v) is 7.75. The Hall–Kier alpha value is -5.48. The molecule has 41 heavy (non-hydrogen) atoms. The average molecular weight is 528 g/mol. The number of furan rings is 1. The van der Waals surface area contributed by atoms with E-state index in [-0.39, 0.29) is 0 Å². The number of hydrogen-bond acceptors (Lipinski definition) is 4. The van der Waals surface area contributed by atoms with Gasteiger partial charge in [-0.05, 0) is 22.4 Å². The predicted molar refractivity (Wildman–Crippen MR) is 168 cm³/mol. The molecule has 0 fully saturated rings. The van der Waals surface area contributed by atoms with Gasteiger partial charge in [-0.3, -0.25) is 0 Å². The monoisotopic (exact) mass is 527 g/mol. The molecule has 0 radical (unpaired) electrons. The summed E-state index contributed by atoms with van der Waals surface area (Å²) in [6.45, 7) is 0.